The van der Waals surface area contributed by atoms with Crippen molar-refractivity contribution < 1.29 is 9.53 Å². The van der Waals surface area contributed by atoms with Gasteiger partial charge in [0.1, 0.15) is 0 Å². The molecule has 0 radical (unpaired) electrons. The van der Waals surface area contributed by atoms with Crippen molar-refractivity contribution in [3.63, 3.8) is 0 Å². The minimum absolute atomic E-state index is 0.118. The van der Waals surface area contributed by atoms with Gasteiger partial charge in [-0.1, -0.05) is 6.07 Å². The lowest BCUT2D eigenvalue weighted by molar-refractivity contribution is -0.111. The zero-order valence-electron chi connectivity index (χ0n) is 12.2. The summed E-state index contributed by atoms with van der Waals surface area (Å²) in [5, 5.41) is 4.86. The summed E-state index contributed by atoms with van der Waals surface area (Å²) in [5.74, 6) is -0.118. The van der Waals surface area contributed by atoms with Gasteiger partial charge in [-0.15, -0.1) is 11.3 Å². The van der Waals surface area contributed by atoms with E-state index in [1.54, 1.807) is 17.4 Å². The number of benzene rings is 1. The lowest BCUT2D eigenvalue weighted by atomic mass is 10.2. The van der Waals surface area contributed by atoms with E-state index in [0.29, 0.717) is 0 Å². The lowest BCUT2D eigenvalue weighted by Crippen LogP contribution is -2.36. The van der Waals surface area contributed by atoms with Gasteiger partial charge >= 0.3 is 0 Å². The second-order valence-electron chi connectivity index (χ2n) is 4.98. The summed E-state index contributed by atoms with van der Waals surface area (Å²) in [4.78, 5) is 15.2. The first-order valence-corrected chi connectivity index (χ1v) is 8.14. The zero-order chi connectivity index (χ0) is 15.2. The van der Waals surface area contributed by atoms with E-state index < -0.39 is 0 Å². The summed E-state index contributed by atoms with van der Waals surface area (Å²) in [6.45, 7) is 3.36. The maximum atomic E-state index is 11.9. The number of anilines is 2. The second-order valence-corrected chi connectivity index (χ2v) is 5.96. The number of nitrogens with zero attached hydrogens (tertiary/aromatic N) is 1. The molecule has 0 atom stereocenters. The third-order valence-corrected chi connectivity index (χ3v) is 4.29. The Labute approximate surface area is 134 Å². The lowest BCUT2D eigenvalue weighted by Gasteiger charge is -2.28. The number of morpholine rings is 1. The number of thiophene rings is 1. The fourth-order valence-corrected chi connectivity index (χ4v) is 2.92. The van der Waals surface area contributed by atoms with Crippen LogP contribution >= 0.6 is 11.3 Å². The van der Waals surface area contributed by atoms with E-state index in [2.05, 4.69) is 10.2 Å². The Morgan fingerprint density at radius 1 is 1.18 bits per heavy atom. The van der Waals surface area contributed by atoms with Crippen LogP contribution < -0.4 is 10.2 Å². The van der Waals surface area contributed by atoms with Crippen molar-refractivity contribution >= 4 is 34.7 Å². The Bertz CT molecular complexity index is 629. The average Bonchev–Trinajstić information content (AvgIpc) is 3.08. The van der Waals surface area contributed by atoms with Crippen LogP contribution in [-0.4, -0.2) is 32.2 Å². The highest BCUT2D eigenvalue weighted by atomic mass is 32.1. The van der Waals surface area contributed by atoms with Crippen LogP contribution in [0.15, 0.2) is 47.9 Å². The zero-order valence-corrected chi connectivity index (χ0v) is 13.0. The smallest absolute Gasteiger partial charge is 0.248 e. The Morgan fingerprint density at radius 2 is 1.95 bits per heavy atom. The number of amides is 1. The van der Waals surface area contributed by atoms with E-state index >= 15 is 0 Å². The van der Waals surface area contributed by atoms with E-state index in [1.807, 2.05) is 47.9 Å². The van der Waals surface area contributed by atoms with Gasteiger partial charge in [-0.25, -0.2) is 0 Å². The Kier molecular flexibility index (Phi) is 4.88. The molecular weight excluding hydrogens is 296 g/mol. The molecule has 1 fully saturated rings. The molecule has 1 aromatic carbocycles. The molecular formula is C17H18N2O2S. The molecule has 2 aromatic rings. The number of ether oxygens (including phenoxy) is 1. The summed E-state index contributed by atoms with van der Waals surface area (Å²) < 4.78 is 5.35. The van der Waals surface area contributed by atoms with Gasteiger partial charge in [-0.05, 0) is 41.8 Å². The molecule has 0 aliphatic carbocycles. The highest BCUT2D eigenvalue weighted by Gasteiger charge is 2.10. The minimum Gasteiger partial charge on any atom is -0.378 e. The van der Waals surface area contributed by atoms with Crippen molar-refractivity contribution in [3.05, 3.63) is 52.7 Å². The molecule has 0 unspecified atom stereocenters. The van der Waals surface area contributed by atoms with Gasteiger partial charge in [0.25, 0.3) is 0 Å². The first kappa shape index (κ1) is 14.8. The van der Waals surface area contributed by atoms with E-state index in [9.17, 15) is 4.79 Å². The topological polar surface area (TPSA) is 41.6 Å². The predicted molar refractivity (Wildman–Crippen MR) is 91.5 cm³/mol. The summed E-state index contributed by atoms with van der Waals surface area (Å²) in [5.41, 5.74) is 1.97. The predicted octanol–water partition coefficient (Wildman–Crippen LogP) is 3.24. The number of nitrogens with one attached hydrogen (secondary N) is 1. The van der Waals surface area contributed by atoms with Crippen LogP contribution in [0.25, 0.3) is 6.08 Å². The molecule has 22 heavy (non-hydrogen) atoms. The summed E-state index contributed by atoms with van der Waals surface area (Å²) in [6, 6.07) is 11.9. The molecule has 2 heterocycles. The van der Waals surface area contributed by atoms with E-state index in [0.717, 1.165) is 42.6 Å². The van der Waals surface area contributed by atoms with Crippen LogP contribution in [0.2, 0.25) is 0 Å². The molecule has 114 valence electrons. The largest absolute Gasteiger partial charge is 0.378 e. The highest BCUT2D eigenvalue weighted by Crippen LogP contribution is 2.19. The van der Waals surface area contributed by atoms with Crippen molar-refractivity contribution in [1.82, 2.24) is 0 Å². The second kappa shape index (κ2) is 7.24. The summed E-state index contributed by atoms with van der Waals surface area (Å²) >= 11 is 1.61. The summed E-state index contributed by atoms with van der Waals surface area (Å²) in [7, 11) is 0. The molecule has 1 aliphatic rings. The third-order valence-electron chi connectivity index (χ3n) is 3.45. The number of carbonyl (C=O) groups excluding carboxylic acids is 1. The molecule has 1 aliphatic heterocycles. The van der Waals surface area contributed by atoms with Crippen LogP contribution in [0.3, 0.4) is 0 Å². The van der Waals surface area contributed by atoms with Gasteiger partial charge < -0.3 is 15.0 Å². The Balaban J connectivity index is 1.57. The first-order chi connectivity index (χ1) is 10.8. The fourth-order valence-electron chi connectivity index (χ4n) is 2.30. The number of rotatable bonds is 4. The van der Waals surface area contributed by atoms with Gasteiger partial charge in [0.05, 0.1) is 13.2 Å². The molecule has 5 heteroatoms. The van der Waals surface area contributed by atoms with Crippen LogP contribution in [-0.2, 0) is 9.53 Å². The molecule has 1 aromatic heterocycles. The minimum atomic E-state index is -0.118. The SMILES string of the molecule is O=C(C=Cc1cccs1)Nc1ccc(N2CCOCC2)cc1. The maximum Gasteiger partial charge on any atom is 0.248 e. The molecule has 0 saturated carbocycles. The molecule has 3 rings (SSSR count). The van der Waals surface area contributed by atoms with E-state index in [1.165, 1.54) is 0 Å². The fraction of sp³-hybridized carbons (Fsp3) is 0.235. The first-order valence-electron chi connectivity index (χ1n) is 7.26. The Hall–Kier alpha value is -2.11. The Morgan fingerprint density at radius 3 is 2.64 bits per heavy atom. The van der Waals surface area contributed by atoms with Crippen molar-refractivity contribution in [2.45, 2.75) is 0 Å². The van der Waals surface area contributed by atoms with Crippen LogP contribution in [0.1, 0.15) is 4.88 Å². The maximum absolute atomic E-state index is 11.9. The van der Waals surface area contributed by atoms with Gasteiger partial charge in [0.15, 0.2) is 0 Å². The van der Waals surface area contributed by atoms with Crippen molar-refractivity contribution in [1.29, 1.82) is 0 Å². The highest BCUT2D eigenvalue weighted by molar-refractivity contribution is 7.10. The number of carbonyl (C=O) groups is 1. The van der Waals surface area contributed by atoms with Crippen LogP contribution in [0, 0.1) is 0 Å². The normalized spacial score (nSPS) is 15.2. The monoisotopic (exact) mass is 314 g/mol. The van der Waals surface area contributed by atoms with Crippen LogP contribution in [0.4, 0.5) is 11.4 Å². The van der Waals surface area contributed by atoms with E-state index in [-0.39, 0.29) is 5.91 Å². The van der Waals surface area contributed by atoms with Crippen LogP contribution in [0.5, 0.6) is 0 Å². The standard InChI is InChI=1S/C17H18N2O2S/c20-17(8-7-16-2-1-13-22-16)18-14-3-5-15(6-4-14)19-9-11-21-12-10-19/h1-8,13H,9-12H2,(H,18,20). The number of hydrogen-bond acceptors (Lipinski definition) is 4. The van der Waals surface area contributed by atoms with E-state index in [4.69, 9.17) is 4.74 Å². The van der Waals surface area contributed by atoms with Gasteiger partial charge in [-0.3, -0.25) is 4.79 Å². The van der Waals surface area contributed by atoms with Gasteiger partial charge in [0.2, 0.25) is 5.91 Å². The van der Waals surface area contributed by atoms with Crippen molar-refractivity contribution in [2.75, 3.05) is 36.5 Å². The average molecular weight is 314 g/mol. The third kappa shape index (κ3) is 3.96. The summed E-state index contributed by atoms with van der Waals surface area (Å²) in [6.07, 6.45) is 3.38. The molecule has 1 amide bonds. The molecule has 4 nitrogen and oxygen atoms in total. The van der Waals surface area contributed by atoms with Gasteiger partial charge in [-0.2, -0.15) is 0 Å². The number of hydrogen-bond donors (Lipinski definition) is 1. The quantitative estimate of drug-likeness (QED) is 0.881. The van der Waals surface area contributed by atoms with Crippen molar-refractivity contribution in [3.8, 4) is 0 Å². The molecule has 1 saturated heterocycles. The molecule has 1 N–H and O–H groups in total. The molecule has 0 bridgehead atoms. The molecule has 0 spiro atoms. The van der Waals surface area contributed by atoms with Crippen molar-refractivity contribution in [2.24, 2.45) is 0 Å². The van der Waals surface area contributed by atoms with Gasteiger partial charge in [0, 0.05) is 35.4 Å².